The summed E-state index contributed by atoms with van der Waals surface area (Å²) in [6, 6.07) is 25.1. The van der Waals surface area contributed by atoms with E-state index in [4.69, 9.17) is 16.3 Å². The number of rotatable bonds is 9. The predicted octanol–water partition coefficient (Wildman–Crippen LogP) is 6.03. The first-order chi connectivity index (χ1) is 16.5. The second-order valence-corrected chi connectivity index (χ2v) is 9.27. The fourth-order valence-corrected chi connectivity index (χ4v) is 4.46. The second kappa shape index (κ2) is 11.2. The molecule has 4 rings (SSSR count). The number of thioether (sulfide) groups is 1. The van der Waals surface area contributed by atoms with Crippen molar-refractivity contribution in [3.63, 3.8) is 0 Å². The number of nitrogens with one attached hydrogen (secondary N) is 1. The maximum Gasteiger partial charge on any atom is 0.237 e. The van der Waals surface area contributed by atoms with Crippen molar-refractivity contribution < 1.29 is 9.53 Å². The first-order valence-electron chi connectivity index (χ1n) is 11.0. The largest absolute Gasteiger partial charge is 0.494 e. The Bertz CT molecular complexity index is 1250. The van der Waals surface area contributed by atoms with Crippen molar-refractivity contribution in [3.8, 4) is 11.4 Å². The van der Waals surface area contributed by atoms with Gasteiger partial charge in [0.05, 0.1) is 22.6 Å². The average Bonchev–Trinajstić information content (AvgIpc) is 3.23. The molecule has 34 heavy (non-hydrogen) atoms. The van der Waals surface area contributed by atoms with Gasteiger partial charge in [0, 0.05) is 12.1 Å². The third kappa shape index (κ3) is 5.79. The Morgan fingerprint density at radius 1 is 1.03 bits per heavy atom. The lowest BCUT2D eigenvalue weighted by Crippen LogP contribution is -2.23. The molecule has 0 saturated heterocycles. The van der Waals surface area contributed by atoms with E-state index in [2.05, 4.69) is 27.6 Å². The maximum absolute atomic E-state index is 12.9. The van der Waals surface area contributed by atoms with Crippen LogP contribution < -0.4 is 10.1 Å². The number of carbonyl (C=O) groups excluding carboxylic acids is 1. The van der Waals surface area contributed by atoms with Crippen molar-refractivity contribution in [1.29, 1.82) is 0 Å². The van der Waals surface area contributed by atoms with E-state index in [-0.39, 0.29) is 5.91 Å². The maximum atomic E-state index is 12.9. The van der Waals surface area contributed by atoms with Gasteiger partial charge in [-0.15, -0.1) is 10.2 Å². The molecule has 1 aromatic heterocycles. The van der Waals surface area contributed by atoms with Crippen molar-refractivity contribution in [2.24, 2.45) is 0 Å². The van der Waals surface area contributed by atoms with Gasteiger partial charge >= 0.3 is 0 Å². The van der Waals surface area contributed by atoms with E-state index in [1.165, 1.54) is 11.8 Å². The first kappa shape index (κ1) is 23.9. The summed E-state index contributed by atoms with van der Waals surface area (Å²) >= 11 is 7.54. The Kier molecular flexibility index (Phi) is 7.87. The number of halogens is 1. The molecule has 0 bridgehead atoms. The number of nitrogens with zero attached hydrogens (tertiary/aromatic N) is 3. The van der Waals surface area contributed by atoms with Gasteiger partial charge in [-0.25, -0.2) is 0 Å². The second-order valence-electron chi connectivity index (χ2n) is 7.55. The minimum Gasteiger partial charge on any atom is -0.494 e. The molecule has 8 heteroatoms. The van der Waals surface area contributed by atoms with Crippen LogP contribution >= 0.6 is 23.4 Å². The van der Waals surface area contributed by atoms with Crippen LogP contribution in [0.3, 0.4) is 0 Å². The quantitative estimate of drug-likeness (QED) is 0.289. The molecule has 0 aliphatic heterocycles. The summed E-state index contributed by atoms with van der Waals surface area (Å²) in [5.41, 5.74) is 2.61. The van der Waals surface area contributed by atoms with Crippen molar-refractivity contribution in [3.05, 3.63) is 95.3 Å². The third-order valence-electron chi connectivity index (χ3n) is 5.09. The summed E-state index contributed by atoms with van der Waals surface area (Å²) in [6.07, 6.45) is 0.613. The minimum absolute atomic E-state index is 0.163. The van der Waals surface area contributed by atoms with Gasteiger partial charge in [-0.3, -0.25) is 9.36 Å². The van der Waals surface area contributed by atoms with Crippen LogP contribution in [0.5, 0.6) is 5.75 Å². The first-order valence-corrected chi connectivity index (χ1v) is 12.2. The van der Waals surface area contributed by atoms with Crippen molar-refractivity contribution in [2.75, 3.05) is 11.9 Å². The monoisotopic (exact) mass is 492 g/mol. The summed E-state index contributed by atoms with van der Waals surface area (Å²) in [6.45, 7) is 4.39. The van der Waals surface area contributed by atoms with E-state index in [1.54, 1.807) is 12.1 Å². The lowest BCUT2D eigenvalue weighted by molar-refractivity contribution is -0.115. The molecule has 1 N–H and O–H groups in total. The van der Waals surface area contributed by atoms with E-state index in [0.29, 0.717) is 28.9 Å². The summed E-state index contributed by atoms with van der Waals surface area (Å²) < 4.78 is 7.58. The highest BCUT2D eigenvalue weighted by Crippen LogP contribution is 2.29. The Morgan fingerprint density at radius 2 is 1.74 bits per heavy atom. The van der Waals surface area contributed by atoms with Gasteiger partial charge in [0.15, 0.2) is 5.16 Å². The van der Waals surface area contributed by atoms with E-state index in [9.17, 15) is 4.79 Å². The highest BCUT2D eigenvalue weighted by atomic mass is 35.5. The number of hydrogen-bond acceptors (Lipinski definition) is 5. The predicted molar refractivity (Wildman–Crippen MR) is 137 cm³/mol. The van der Waals surface area contributed by atoms with Crippen LogP contribution in [-0.4, -0.2) is 32.5 Å². The fourth-order valence-electron chi connectivity index (χ4n) is 3.40. The van der Waals surface area contributed by atoms with Gasteiger partial charge in [-0.1, -0.05) is 65.8 Å². The Labute approximate surface area is 208 Å². The zero-order valence-electron chi connectivity index (χ0n) is 18.9. The van der Waals surface area contributed by atoms with Crippen LogP contribution in [0.4, 0.5) is 5.69 Å². The molecule has 0 aliphatic rings. The molecule has 4 aromatic rings. The number of amides is 1. The van der Waals surface area contributed by atoms with Gasteiger partial charge in [0.1, 0.15) is 11.6 Å². The molecule has 3 aromatic carbocycles. The smallest absolute Gasteiger partial charge is 0.237 e. The molecule has 174 valence electrons. The number of benzene rings is 3. The van der Waals surface area contributed by atoms with Gasteiger partial charge in [-0.05, 0) is 55.8 Å². The lowest BCUT2D eigenvalue weighted by atomic mass is 10.1. The van der Waals surface area contributed by atoms with Crippen LogP contribution in [0.15, 0.2) is 84.0 Å². The molecular formula is C26H25ClN4O2S. The average molecular weight is 493 g/mol. The lowest BCUT2D eigenvalue weighted by Gasteiger charge is -2.15. The normalized spacial score (nSPS) is 11.7. The Balaban J connectivity index is 1.61. The third-order valence-corrected chi connectivity index (χ3v) is 6.47. The number of para-hydroxylation sites is 1. The van der Waals surface area contributed by atoms with E-state index in [1.807, 2.05) is 73.0 Å². The number of aromatic nitrogens is 3. The van der Waals surface area contributed by atoms with Crippen LogP contribution in [0.2, 0.25) is 5.02 Å². The molecule has 0 fully saturated rings. The van der Waals surface area contributed by atoms with Gasteiger partial charge in [0.25, 0.3) is 0 Å². The molecule has 1 amide bonds. The van der Waals surface area contributed by atoms with Crippen LogP contribution in [0.1, 0.15) is 25.2 Å². The minimum atomic E-state index is -0.425. The number of anilines is 1. The van der Waals surface area contributed by atoms with Gasteiger partial charge in [0.2, 0.25) is 5.91 Å². The molecule has 0 spiro atoms. The van der Waals surface area contributed by atoms with Crippen molar-refractivity contribution >= 4 is 35.0 Å². The Morgan fingerprint density at radius 3 is 2.44 bits per heavy atom. The summed E-state index contributed by atoms with van der Waals surface area (Å²) in [7, 11) is 0. The zero-order chi connectivity index (χ0) is 23.9. The number of ether oxygens (including phenoxy) is 1. The van der Waals surface area contributed by atoms with E-state index >= 15 is 0 Å². The molecule has 0 aliphatic carbocycles. The van der Waals surface area contributed by atoms with Crippen LogP contribution in [0.25, 0.3) is 5.69 Å². The molecule has 1 heterocycles. The SMILES string of the molecule is CCOc1ccc(-n2c(Cc3ccccc3)nnc2SC(C)C(=O)Nc2ccccc2Cl)cc1. The molecule has 1 atom stereocenters. The highest BCUT2D eigenvalue weighted by Gasteiger charge is 2.22. The molecule has 6 nitrogen and oxygen atoms in total. The standard InChI is InChI=1S/C26H25ClN4O2S/c1-3-33-21-15-13-20(14-16-21)31-24(17-19-9-5-4-6-10-19)29-30-26(31)34-18(2)25(32)28-23-12-8-7-11-22(23)27/h4-16,18H,3,17H2,1-2H3,(H,28,32). The van der Waals surface area contributed by atoms with Crippen molar-refractivity contribution in [2.45, 2.75) is 30.7 Å². The van der Waals surface area contributed by atoms with Gasteiger partial charge in [-0.2, -0.15) is 0 Å². The van der Waals surface area contributed by atoms with Crippen LogP contribution in [-0.2, 0) is 11.2 Å². The topological polar surface area (TPSA) is 69.0 Å². The summed E-state index contributed by atoms with van der Waals surface area (Å²) in [4.78, 5) is 12.9. The molecule has 0 saturated carbocycles. The van der Waals surface area contributed by atoms with E-state index in [0.717, 1.165) is 22.8 Å². The summed E-state index contributed by atoms with van der Waals surface area (Å²) in [5, 5.41) is 12.5. The molecule has 1 unspecified atom stereocenters. The van der Waals surface area contributed by atoms with Crippen LogP contribution in [0, 0.1) is 0 Å². The molecular weight excluding hydrogens is 468 g/mol. The fraction of sp³-hybridized carbons (Fsp3) is 0.192. The molecule has 0 radical (unpaired) electrons. The van der Waals surface area contributed by atoms with Gasteiger partial charge < -0.3 is 10.1 Å². The van der Waals surface area contributed by atoms with Crippen molar-refractivity contribution in [1.82, 2.24) is 14.8 Å². The number of carbonyl (C=O) groups is 1. The Hall–Kier alpha value is -3.29. The highest BCUT2D eigenvalue weighted by molar-refractivity contribution is 8.00. The summed E-state index contributed by atoms with van der Waals surface area (Å²) in [5.74, 6) is 1.42. The zero-order valence-corrected chi connectivity index (χ0v) is 20.5. The number of hydrogen-bond donors (Lipinski definition) is 1. The van der Waals surface area contributed by atoms with E-state index < -0.39 is 5.25 Å².